The molecule has 0 spiro atoms. The number of thiophene rings is 1. The van der Waals surface area contributed by atoms with Crippen LogP contribution in [0.3, 0.4) is 0 Å². The smallest absolute Gasteiger partial charge is 0.0587 e. The lowest BCUT2D eigenvalue weighted by Gasteiger charge is -2.19. The van der Waals surface area contributed by atoms with Crippen LogP contribution < -0.4 is 5.32 Å². The normalized spacial score (nSPS) is 12.7. The zero-order valence-electron chi connectivity index (χ0n) is 12.8. The molecule has 0 bridgehead atoms. The number of fused-ring (bicyclic) bond motifs is 1. The SMILES string of the molecule is CCNC(c1ccc2ccccc2c1)c1cc(C)sc1C. The van der Waals surface area contributed by atoms with Crippen LogP contribution in [0.5, 0.6) is 0 Å². The van der Waals surface area contributed by atoms with E-state index in [9.17, 15) is 0 Å². The molecule has 0 aliphatic heterocycles. The fourth-order valence-corrected chi connectivity index (χ4v) is 3.90. The summed E-state index contributed by atoms with van der Waals surface area (Å²) in [5, 5.41) is 6.25. The Morgan fingerprint density at radius 1 is 1.00 bits per heavy atom. The van der Waals surface area contributed by atoms with E-state index in [2.05, 4.69) is 74.6 Å². The van der Waals surface area contributed by atoms with Crippen molar-refractivity contribution in [2.24, 2.45) is 0 Å². The van der Waals surface area contributed by atoms with Gasteiger partial charge in [-0.05, 0) is 54.4 Å². The van der Waals surface area contributed by atoms with Crippen LogP contribution in [-0.2, 0) is 0 Å². The van der Waals surface area contributed by atoms with E-state index in [1.807, 2.05) is 11.3 Å². The van der Waals surface area contributed by atoms with E-state index >= 15 is 0 Å². The highest BCUT2D eigenvalue weighted by Gasteiger charge is 2.17. The minimum Gasteiger partial charge on any atom is -0.306 e. The molecule has 1 N–H and O–H groups in total. The zero-order chi connectivity index (χ0) is 14.8. The van der Waals surface area contributed by atoms with Crippen LogP contribution in [0.1, 0.15) is 33.8 Å². The summed E-state index contributed by atoms with van der Waals surface area (Å²) in [5.41, 5.74) is 2.76. The molecule has 1 unspecified atom stereocenters. The summed E-state index contributed by atoms with van der Waals surface area (Å²) in [4.78, 5) is 2.79. The van der Waals surface area contributed by atoms with Gasteiger partial charge in [0.25, 0.3) is 0 Å². The predicted octanol–water partition coefficient (Wildman–Crippen LogP) is 5.22. The van der Waals surface area contributed by atoms with Crippen LogP contribution in [0, 0.1) is 13.8 Å². The minimum atomic E-state index is 0.282. The number of benzene rings is 2. The molecule has 21 heavy (non-hydrogen) atoms. The van der Waals surface area contributed by atoms with Gasteiger partial charge < -0.3 is 5.32 Å². The third-order valence-corrected chi connectivity index (χ3v) is 4.89. The Labute approximate surface area is 130 Å². The average molecular weight is 295 g/mol. The first-order chi connectivity index (χ1) is 10.2. The average Bonchev–Trinajstić information content (AvgIpc) is 2.83. The van der Waals surface area contributed by atoms with E-state index in [-0.39, 0.29) is 6.04 Å². The van der Waals surface area contributed by atoms with Gasteiger partial charge in [0, 0.05) is 9.75 Å². The zero-order valence-corrected chi connectivity index (χ0v) is 13.6. The van der Waals surface area contributed by atoms with Crippen LogP contribution in [0.15, 0.2) is 48.5 Å². The molecule has 2 aromatic carbocycles. The van der Waals surface area contributed by atoms with E-state index < -0.39 is 0 Å². The molecule has 2 heteroatoms. The second kappa shape index (κ2) is 6.00. The Kier molecular flexibility index (Phi) is 4.09. The Morgan fingerprint density at radius 2 is 1.76 bits per heavy atom. The Hall–Kier alpha value is -1.64. The summed E-state index contributed by atoms with van der Waals surface area (Å²) in [6.45, 7) is 7.54. The van der Waals surface area contributed by atoms with Crippen molar-refractivity contribution < 1.29 is 0 Å². The first-order valence-electron chi connectivity index (χ1n) is 7.48. The van der Waals surface area contributed by atoms with Gasteiger partial charge in [-0.15, -0.1) is 11.3 Å². The van der Waals surface area contributed by atoms with Crippen LogP contribution >= 0.6 is 11.3 Å². The molecular formula is C19H21NS. The third-order valence-electron chi connectivity index (χ3n) is 3.91. The molecule has 0 saturated carbocycles. The lowest BCUT2D eigenvalue weighted by molar-refractivity contribution is 0.630. The maximum absolute atomic E-state index is 3.64. The molecule has 1 heterocycles. The third kappa shape index (κ3) is 2.87. The monoisotopic (exact) mass is 295 g/mol. The molecule has 0 saturated heterocycles. The Morgan fingerprint density at radius 3 is 2.43 bits per heavy atom. The standard InChI is InChI=1S/C19H21NS/c1-4-20-19(18-11-13(2)21-14(18)3)17-10-9-15-7-5-6-8-16(15)12-17/h5-12,19-20H,4H2,1-3H3. The van der Waals surface area contributed by atoms with Gasteiger partial charge in [0.15, 0.2) is 0 Å². The highest BCUT2D eigenvalue weighted by molar-refractivity contribution is 7.12. The van der Waals surface area contributed by atoms with Gasteiger partial charge in [-0.3, -0.25) is 0 Å². The first kappa shape index (κ1) is 14.3. The van der Waals surface area contributed by atoms with Crippen molar-refractivity contribution in [3.8, 4) is 0 Å². The molecule has 0 fully saturated rings. The van der Waals surface area contributed by atoms with Crippen LogP contribution in [-0.4, -0.2) is 6.54 Å². The molecule has 0 aliphatic carbocycles. The molecular weight excluding hydrogens is 274 g/mol. The van der Waals surface area contributed by atoms with E-state index in [1.54, 1.807) is 0 Å². The van der Waals surface area contributed by atoms with Gasteiger partial charge >= 0.3 is 0 Å². The van der Waals surface area contributed by atoms with Crippen molar-refractivity contribution in [1.29, 1.82) is 0 Å². The van der Waals surface area contributed by atoms with Crippen molar-refractivity contribution in [2.75, 3.05) is 6.54 Å². The fourth-order valence-electron chi connectivity index (χ4n) is 2.94. The fraction of sp³-hybridized carbons (Fsp3) is 0.263. The second-order valence-electron chi connectivity index (χ2n) is 5.47. The maximum atomic E-state index is 3.64. The first-order valence-corrected chi connectivity index (χ1v) is 8.29. The van der Waals surface area contributed by atoms with Gasteiger partial charge in [-0.1, -0.05) is 43.3 Å². The molecule has 1 nitrogen and oxygen atoms in total. The van der Waals surface area contributed by atoms with Gasteiger partial charge in [0.05, 0.1) is 6.04 Å². The number of aryl methyl sites for hydroxylation is 2. The van der Waals surface area contributed by atoms with Crippen LogP contribution in [0.25, 0.3) is 10.8 Å². The summed E-state index contributed by atoms with van der Waals surface area (Å²) in [6, 6.07) is 18.0. The van der Waals surface area contributed by atoms with Crippen molar-refractivity contribution in [2.45, 2.75) is 26.8 Å². The maximum Gasteiger partial charge on any atom is 0.0587 e. The Balaban J connectivity index is 2.08. The minimum absolute atomic E-state index is 0.282. The highest BCUT2D eigenvalue weighted by Crippen LogP contribution is 2.32. The summed E-state index contributed by atoms with van der Waals surface area (Å²) in [6.07, 6.45) is 0. The summed E-state index contributed by atoms with van der Waals surface area (Å²) >= 11 is 1.88. The molecule has 1 aromatic heterocycles. The number of nitrogens with one attached hydrogen (secondary N) is 1. The molecule has 108 valence electrons. The Bertz CT molecular complexity index is 757. The van der Waals surface area contributed by atoms with Gasteiger partial charge in [0.1, 0.15) is 0 Å². The van der Waals surface area contributed by atoms with E-state index in [1.165, 1.54) is 31.7 Å². The molecule has 0 radical (unpaired) electrons. The lowest BCUT2D eigenvalue weighted by Crippen LogP contribution is -2.22. The van der Waals surface area contributed by atoms with E-state index in [0.717, 1.165) is 6.54 Å². The molecule has 0 aliphatic rings. The highest BCUT2D eigenvalue weighted by atomic mass is 32.1. The number of hydrogen-bond donors (Lipinski definition) is 1. The van der Waals surface area contributed by atoms with E-state index in [4.69, 9.17) is 0 Å². The van der Waals surface area contributed by atoms with Crippen LogP contribution in [0.4, 0.5) is 0 Å². The van der Waals surface area contributed by atoms with Crippen molar-refractivity contribution >= 4 is 22.1 Å². The molecule has 1 atom stereocenters. The van der Waals surface area contributed by atoms with Crippen LogP contribution in [0.2, 0.25) is 0 Å². The molecule has 3 aromatic rings. The molecule has 3 rings (SSSR count). The van der Waals surface area contributed by atoms with E-state index in [0.29, 0.717) is 0 Å². The summed E-state index contributed by atoms with van der Waals surface area (Å²) in [7, 11) is 0. The van der Waals surface area contributed by atoms with Crippen molar-refractivity contribution in [3.63, 3.8) is 0 Å². The lowest BCUT2D eigenvalue weighted by atomic mass is 9.96. The summed E-state index contributed by atoms with van der Waals surface area (Å²) < 4.78 is 0. The summed E-state index contributed by atoms with van der Waals surface area (Å²) in [5.74, 6) is 0. The number of hydrogen-bond acceptors (Lipinski definition) is 2. The second-order valence-corrected chi connectivity index (χ2v) is 6.93. The topological polar surface area (TPSA) is 12.0 Å². The largest absolute Gasteiger partial charge is 0.306 e. The van der Waals surface area contributed by atoms with Gasteiger partial charge in [0.2, 0.25) is 0 Å². The quantitative estimate of drug-likeness (QED) is 0.696. The predicted molar refractivity (Wildman–Crippen MR) is 93.3 cm³/mol. The van der Waals surface area contributed by atoms with Gasteiger partial charge in [-0.25, -0.2) is 0 Å². The van der Waals surface area contributed by atoms with Gasteiger partial charge in [-0.2, -0.15) is 0 Å². The van der Waals surface area contributed by atoms with Crippen molar-refractivity contribution in [1.82, 2.24) is 5.32 Å². The number of rotatable bonds is 4. The van der Waals surface area contributed by atoms with Crippen molar-refractivity contribution in [3.05, 3.63) is 69.4 Å². The molecule has 0 amide bonds.